The second kappa shape index (κ2) is 12.4. The number of carbonyl (C=O) groups excluding carboxylic acids is 2. The van der Waals surface area contributed by atoms with E-state index in [1.807, 2.05) is 74.2 Å². The first-order valence-corrected chi connectivity index (χ1v) is 14.3. The number of benzene rings is 2. The normalized spacial score (nSPS) is 17.6. The number of pyridine rings is 1. The quantitative estimate of drug-likeness (QED) is 0.325. The van der Waals surface area contributed by atoms with Crippen LogP contribution < -0.4 is 5.32 Å². The molecular weight excluding hydrogens is 500 g/mol. The van der Waals surface area contributed by atoms with Gasteiger partial charge in [-0.2, -0.15) is 5.10 Å². The van der Waals surface area contributed by atoms with Crippen LogP contribution in [0.25, 0.3) is 22.2 Å². The lowest BCUT2D eigenvalue weighted by Gasteiger charge is -2.41. The van der Waals surface area contributed by atoms with E-state index in [9.17, 15) is 9.59 Å². The number of aromatic nitrogens is 3. The lowest BCUT2D eigenvalue weighted by Crippen LogP contribution is -2.57. The third-order valence-electron chi connectivity index (χ3n) is 7.91. The third-order valence-corrected chi connectivity index (χ3v) is 7.91. The Morgan fingerprint density at radius 3 is 2.60 bits per heavy atom. The minimum absolute atomic E-state index is 0.0357. The van der Waals surface area contributed by atoms with E-state index in [4.69, 9.17) is 0 Å². The molecule has 2 atom stereocenters. The molecule has 5 rings (SSSR count). The molecule has 8 nitrogen and oxygen atoms in total. The minimum atomic E-state index is -0.162. The van der Waals surface area contributed by atoms with E-state index < -0.39 is 0 Å². The van der Waals surface area contributed by atoms with E-state index >= 15 is 0 Å². The number of hydrogen-bond donors (Lipinski definition) is 2. The van der Waals surface area contributed by atoms with Crippen molar-refractivity contribution in [1.29, 1.82) is 0 Å². The van der Waals surface area contributed by atoms with Gasteiger partial charge in [-0.15, -0.1) is 0 Å². The van der Waals surface area contributed by atoms with Crippen LogP contribution in [0.4, 0.5) is 0 Å². The highest BCUT2D eigenvalue weighted by Gasteiger charge is 2.35. The summed E-state index contributed by atoms with van der Waals surface area (Å²) >= 11 is 0. The number of piperidine rings is 1. The van der Waals surface area contributed by atoms with Crippen molar-refractivity contribution in [3.63, 3.8) is 0 Å². The number of aryl methyl sites for hydroxylation is 1. The number of hydrogen-bond acceptors (Lipinski definition) is 5. The summed E-state index contributed by atoms with van der Waals surface area (Å²) < 4.78 is 0. The molecule has 4 aromatic rings. The Balaban J connectivity index is 1.32. The van der Waals surface area contributed by atoms with Crippen molar-refractivity contribution < 1.29 is 9.59 Å². The zero-order chi connectivity index (χ0) is 28.1. The zero-order valence-corrected chi connectivity index (χ0v) is 23.6. The Hall–Kier alpha value is -4.04. The molecule has 2 aromatic heterocycles. The SMILES string of the molecule is CCN(CC)C(=O)[C@@H]1CC[C@@H](NC(=O)c2ccc3[nH]nc(-c4ccnc(C)c4)c3c2)CN1CCc1ccccc1. The number of likely N-dealkylation sites (tertiary alicyclic amines) is 1. The molecule has 2 N–H and O–H groups in total. The Kier molecular flexibility index (Phi) is 8.55. The maximum absolute atomic E-state index is 13.4. The second-order valence-corrected chi connectivity index (χ2v) is 10.5. The van der Waals surface area contributed by atoms with Crippen LogP contribution in [-0.2, 0) is 11.2 Å². The van der Waals surface area contributed by atoms with Crippen LogP contribution in [0, 0.1) is 6.92 Å². The first kappa shape index (κ1) is 27.5. The molecule has 40 heavy (non-hydrogen) atoms. The van der Waals surface area contributed by atoms with E-state index in [1.165, 1.54) is 5.56 Å². The molecular formula is C32H38N6O2. The average molecular weight is 539 g/mol. The Morgan fingerprint density at radius 1 is 1.05 bits per heavy atom. The lowest BCUT2D eigenvalue weighted by atomic mass is 9.95. The number of likely N-dealkylation sites (N-methyl/N-ethyl adjacent to an activating group) is 1. The smallest absolute Gasteiger partial charge is 0.251 e. The number of rotatable bonds is 9. The molecule has 0 aliphatic carbocycles. The van der Waals surface area contributed by atoms with Gasteiger partial charge >= 0.3 is 0 Å². The molecule has 1 aliphatic heterocycles. The number of nitrogens with zero attached hydrogens (tertiary/aromatic N) is 4. The number of aromatic amines is 1. The van der Waals surface area contributed by atoms with Crippen molar-refractivity contribution in [2.45, 2.75) is 52.1 Å². The lowest BCUT2D eigenvalue weighted by molar-refractivity contribution is -0.138. The van der Waals surface area contributed by atoms with E-state index in [1.54, 1.807) is 6.20 Å². The summed E-state index contributed by atoms with van der Waals surface area (Å²) in [7, 11) is 0. The Morgan fingerprint density at radius 2 is 1.85 bits per heavy atom. The van der Waals surface area contributed by atoms with Crippen LogP contribution in [0.1, 0.15) is 48.3 Å². The molecule has 208 valence electrons. The van der Waals surface area contributed by atoms with E-state index in [0.29, 0.717) is 25.2 Å². The van der Waals surface area contributed by atoms with Gasteiger partial charge in [0, 0.05) is 60.6 Å². The van der Waals surface area contributed by atoms with Crippen molar-refractivity contribution in [2.75, 3.05) is 26.2 Å². The highest BCUT2D eigenvalue weighted by Crippen LogP contribution is 2.27. The van der Waals surface area contributed by atoms with Gasteiger partial charge in [-0.25, -0.2) is 0 Å². The van der Waals surface area contributed by atoms with Gasteiger partial charge in [0.15, 0.2) is 0 Å². The summed E-state index contributed by atoms with van der Waals surface area (Å²) in [6, 6.07) is 19.7. The summed E-state index contributed by atoms with van der Waals surface area (Å²) in [5.74, 6) is 0.0774. The number of H-pyrrole nitrogens is 1. The molecule has 1 aliphatic rings. The van der Waals surface area contributed by atoms with Gasteiger partial charge < -0.3 is 10.2 Å². The Bertz CT molecular complexity index is 1460. The van der Waals surface area contributed by atoms with E-state index in [0.717, 1.165) is 53.7 Å². The molecule has 0 spiro atoms. The van der Waals surface area contributed by atoms with Gasteiger partial charge in [0.2, 0.25) is 5.91 Å². The van der Waals surface area contributed by atoms with Crippen LogP contribution in [0.2, 0.25) is 0 Å². The first-order chi connectivity index (χ1) is 19.5. The van der Waals surface area contributed by atoms with Gasteiger partial charge in [0.1, 0.15) is 5.69 Å². The summed E-state index contributed by atoms with van der Waals surface area (Å²) in [6.07, 6.45) is 4.12. The standard InChI is InChI=1S/C32H38N6O2/c1-4-37(5-2)32(40)29-14-12-26(21-38(29)18-16-23-9-7-6-8-10-23)34-31(39)25-11-13-28-27(20-25)30(36-35-28)24-15-17-33-22(3)19-24/h6-11,13,15,17,19-20,26,29H,4-5,12,14,16,18,21H2,1-3H3,(H,34,39)(H,35,36)/t26-,29+/m1/s1. The van der Waals surface area contributed by atoms with Crippen molar-refractivity contribution in [1.82, 2.24) is 30.3 Å². The molecule has 0 radical (unpaired) electrons. The zero-order valence-electron chi connectivity index (χ0n) is 23.6. The largest absolute Gasteiger partial charge is 0.348 e. The van der Waals surface area contributed by atoms with E-state index in [-0.39, 0.29) is 23.9 Å². The van der Waals surface area contributed by atoms with Crippen LogP contribution in [0.5, 0.6) is 0 Å². The molecule has 2 aromatic carbocycles. The number of nitrogens with one attached hydrogen (secondary N) is 2. The first-order valence-electron chi connectivity index (χ1n) is 14.3. The summed E-state index contributed by atoms with van der Waals surface area (Å²) in [5, 5.41) is 11.7. The average Bonchev–Trinajstić information content (AvgIpc) is 3.41. The number of fused-ring (bicyclic) bond motifs is 1. The van der Waals surface area contributed by atoms with Crippen LogP contribution in [0.15, 0.2) is 66.9 Å². The maximum atomic E-state index is 13.4. The maximum Gasteiger partial charge on any atom is 0.251 e. The van der Waals surface area contributed by atoms with Gasteiger partial charge in [-0.3, -0.25) is 24.6 Å². The molecule has 8 heteroatoms. The monoisotopic (exact) mass is 538 g/mol. The van der Waals surface area contributed by atoms with Crippen LogP contribution in [0.3, 0.4) is 0 Å². The Labute approximate surface area is 235 Å². The van der Waals surface area contributed by atoms with Gasteiger partial charge in [-0.1, -0.05) is 30.3 Å². The summed E-state index contributed by atoms with van der Waals surface area (Å²) in [5.41, 5.74) is 5.39. The summed E-state index contributed by atoms with van der Waals surface area (Å²) in [6.45, 7) is 8.83. The molecule has 2 amide bonds. The molecule has 0 bridgehead atoms. The summed E-state index contributed by atoms with van der Waals surface area (Å²) in [4.78, 5) is 35.3. The van der Waals surface area contributed by atoms with E-state index in [2.05, 4.69) is 37.5 Å². The van der Waals surface area contributed by atoms with Gasteiger partial charge in [-0.05, 0) is 75.9 Å². The van der Waals surface area contributed by atoms with Gasteiger partial charge in [0.25, 0.3) is 5.91 Å². The molecule has 0 saturated carbocycles. The fourth-order valence-corrected chi connectivity index (χ4v) is 5.69. The number of carbonyl (C=O) groups is 2. The minimum Gasteiger partial charge on any atom is -0.348 e. The van der Waals surface area contributed by atoms with Crippen LogP contribution >= 0.6 is 0 Å². The molecule has 1 saturated heterocycles. The second-order valence-electron chi connectivity index (χ2n) is 10.5. The van der Waals surface area contributed by atoms with Crippen LogP contribution in [-0.4, -0.2) is 75.1 Å². The molecule has 3 heterocycles. The fourth-order valence-electron chi connectivity index (χ4n) is 5.69. The third kappa shape index (κ3) is 6.07. The predicted octanol–water partition coefficient (Wildman–Crippen LogP) is 4.61. The molecule has 0 unspecified atom stereocenters. The van der Waals surface area contributed by atoms with Gasteiger partial charge in [0.05, 0.1) is 11.6 Å². The predicted molar refractivity (Wildman–Crippen MR) is 158 cm³/mol. The molecule has 1 fully saturated rings. The topological polar surface area (TPSA) is 94.2 Å². The van der Waals surface area contributed by atoms with Crippen molar-refractivity contribution in [3.8, 4) is 11.3 Å². The van der Waals surface area contributed by atoms with Crippen molar-refractivity contribution >= 4 is 22.7 Å². The number of amides is 2. The van der Waals surface area contributed by atoms with Crippen molar-refractivity contribution in [2.24, 2.45) is 0 Å². The fraction of sp³-hybridized carbons (Fsp3) is 0.375. The van der Waals surface area contributed by atoms with Crippen molar-refractivity contribution in [3.05, 3.63) is 83.7 Å². The highest BCUT2D eigenvalue weighted by molar-refractivity contribution is 6.01. The highest BCUT2D eigenvalue weighted by atomic mass is 16.2.